The molecule has 1 aromatic carbocycles. The van der Waals surface area contributed by atoms with Crippen molar-refractivity contribution in [2.24, 2.45) is 0 Å². The first-order chi connectivity index (χ1) is 8.95. The van der Waals surface area contributed by atoms with E-state index in [0.29, 0.717) is 5.82 Å². The minimum Gasteiger partial charge on any atom is -0.363 e. The number of hydrogen-bond acceptors (Lipinski definition) is 3. The molecule has 100 valence electrons. The number of anilines is 2. The third-order valence-corrected chi connectivity index (χ3v) is 2.33. The van der Waals surface area contributed by atoms with E-state index < -0.39 is 11.7 Å². The molecule has 2 aromatic rings. The quantitative estimate of drug-likeness (QED) is 0.828. The van der Waals surface area contributed by atoms with Gasteiger partial charge in [0.15, 0.2) is 10.9 Å². The van der Waals surface area contributed by atoms with Gasteiger partial charge in [-0.3, -0.25) is 0 Å². The second kappa shape index (κ2) is 5.27. The molecular weight excluding hydrogens is 279 g/mol. The van der Waals surface area contributed by atoms with E-state index in [9.17, 15) is 13.2 Å². The summed E-state index contributed by atoms with van der Waals surface area (Å²) in [5.41, 5.74) is -0.516. The number of nitrogens with zero attached hydrogens (tertiary/aromatic N) is 1. The van der Waals surface area contributed by atoms with Crippen molar-refractivity contribution in [3.63, 3.8) is 0 Å². The maximum absolute atomic E-state index is 12.5. The molecule has 2 N–H and O–H groups in total. The lowest BCUT2D eigenvalue weighted by Crippen LogP contribution is -2.19. The smallest absolute Gasteiger partial charge is 0.363 e. The van der Waals surface area contributed by atoms with E-state index in [-0.39, 0.29) is 10.8 Å². The Bertz CT molecular complexity index is 569. The van der Waals surface area contributed by atoms with E-state index in [1.807, 2.05) is 0 Å². The van der Waals surface area contributed by atoms with Gasteiger partial charge in [0.25, 0.3) is 0 Å². The molecule has 0 aliphatic heterocycles. The third kappa shape index (κ3) is 3.68. The topological polar surface area (TPSA) is 50.1 Å². The summed E-state index contributed by atoms with van der Waals surface area (Å²) in [5.74, 6) is 0.365. The molecule has 0 unspecified atom stereocenters. The fourth-order valence-electron chi connectivity index (χ4n) is 1.33. The van der Waals surface area contributed by atoms with E-state index in [1.165, 1.54) is 24.5 Å². The lowest BCUT2D eigenvalue weighted by atomic mass is 10.2. The van der Waals surface area contributed by atoms with E-state index in [1.54, 1.807) is 0 Å². The third-order valence-electron chi connectivity index (χ3n) is 2.13. The summed E-state index contributed by atoms with van der Waals surface area (Å²) < 4.78 is 42.1. The lowest BCUT2D eigenvalue weighted by Gasteiger charge is -2.11. The molecule has 0 saturated heterocycles. The van der Waals surface area contributed by atoms with Gasteiger partial charge in [0, 0.05) is 11.8 Å². The molecule has 8 heteroatoms. The maximum atomic E-state index is 12.5. The van der Waals surface area contributed by atoms with Gasteiger partial charge in [-0.2, -0.15) is 13.2 Å². The Hall–Kier alpha value is -2.09. The van der Waals surface area contributed by atoms with Gasteiger partial charge in [0.05, 0.1) is 5.56 Å². The zero-order valence-electron chi connectivity index (χ0n) is 9.36. The van der Waals surface area contributed by atoms with E-state index >= 15 is 0 Å². The predicted molar refractivity (Wildman–Crippen MR) is 67.8 cm³/mol. The monoisotopic (exact) mass is 287 g/mol. The number of aromatic nitrogens is 1. The summed E-state index contributed by atoms with van der Waals surface area (Å²) in [6.45, 7) is 0. The van der Waals surface area contributed by atoms with Gasteiger partial charge in [-0.1, -0.05) is 11.2 Å². The molecular formula is C11H8F3N3OS. The zero-order valence-corrected chi connectivity index (χ0v) is 10.2. The van der Waals surface area contributed by atoms with Crippen LogP contribution in [0.2, 0.25) is 0 Å². The number of halogens is 3. The molecule has 0 fully saturated rings. The highest BCUT2D eigenvalue weighted by molar-refractivity contribution is 7.80. The standard InChI is InChI=1S/C11H8F3N3OS/c12-11(13,14)7-2-1-3-8(6-7)15-10(19)16-9-4-5-18-17-9/h1-6H,(H2,15,16,17,19). The Morgan fingerprint density at radius 2 is 2.00 bits per heavy atom. The van der Waals surface area contributed by atoms with Crippen molar-refractivity contribution in [1.29, 1.82) is 0 Å². The van der Waals surface area contributed by atoms with Crippen molar-refractivity contribution in [3.8, 4) is 0 Å². The molecule has 0 atom stereocenters. The molecule has 4 nitrogen and oxygen atoms in total. The van der Waals surface area contributed by atoms with Gasteiger partial charge in [-0.15, -0.1) is 0 Å². The van der Waals surface area contributed by atoms with Crippen LogP contribution in [0.3, 0.4) is 0 Å². The van der Waals surface area contributed by atoms with Crippen molar-refractivity contribution in [1.82, 2.24) is 5.16 Å². The molecule has 0 amide bonds. The van der Waals surface area contributed by atoms with Gasteiger partial charge < -0.3 is 15.2 Å². The van der Waals surface area contributed by atoms with Crippen LogP contribution >= 0.6 is 12.2 Å². The van der Waals surface area contributed by atoms with Crippen molar-refractivity contribution in [2.75, 3.05) is 10.6 Å². The predicted octanol–water partition coefficient (Wildman–Crippen LogP) is 3.50. The van der Waals surface area contributed by atoms with E-state index in [4.69, 9.17) is 12.2 Å². The van der Waals surface area contributed by atoms with Crippen LogP contribution in [0, 0.1) is 0 Å². The van der Waals surface area contributed by atoms with Crippen LogP contribution in [0.15, 0.2) is 41.1 Å². The molecule has 1 heterocycles. The highest BCUT2D eigenvalue weighted by atomic mass is 32.1. The van der Waals surface area contributed by atoms with Crippen molar-refractivity contribution >= 4 is 28.8 Å². The van der Waals surface area contributed by atoms with Crippen LogP contribution in [-0.4, -0.2) is 10.3 Å². The Kier molecular flexibility index (Phi) is 3.70. The summed E-state index contributed by atoms with van der Waals surface area (Å²) in [4.78, 5) is 0. The average molecular weight is 287 g/mol. The SMILES string of the molecule is FC(F)(F)c1cccc(NC(=S)Nc2ccon2)c1. The molecule has 0 aliphatic rings. The number of rotatable bonds is 2. The molecule has 0 saturated carbocycles. The summed E-state index contributed by atoms with van der Waals surface area (Å²) in [6, 6.07) is 6.26. The average Bonchev–Trinajstić information content (AvgIpc) is 2.80. The number of thiocarbonyl (C=S) groups is 1. The van der Waals surface area contributed by atoms with Crippen LogP contribution in [-0.2, 0) is 6.18 Å². The molecule has 2 rings (SSSR count). The van der Waals surface area contributed by atoms with Crippen LogP contribution in [0.25, 0.3) is 0 Å². The highest BCUT2D eigenvalue weighted by Crippen LogP contribution is 2.30. The van der Waals surface area contributed by atoms with Crippen molar-refractivity contribution < 1.29 is 17.7 Å². The van der Waals surface area contributed by atoms with Crippen LogP contribution in [0.4, 0.5) is 24.7 Å². The van der Waals surface area contributed by atoms with E-state index in [0.717, 1.165) is 12.1 Å². The molecule has 0 aliphatic carbocycles. The molecule has 1 aromatic heterocycles. The summed E-state index contributed by atoms with van der Waals surface area (Å²) in [5, 5.41) is 8.97. The zero-order chi connectivity index (χ0) is 13.9. The van der Waals surface area contributed by atoms with Gasteiger partial charge in [-0.05, 0) is 30.4 Å². The number of benzene rings is 1. The van der Waals surface area contributed by atoms with Crippen LogP contribution < -0.4 is 10.6 Å². The molecule has 0 radical (unpaired) electrons. The fourth-order valence-corrected chi connectivity index (χ4v) is 1.55. The highest BCUT2D eigenvalue weighted by Gasteiger charge is 2.30. The Morgan fingerprint density at radius 3 is 2.63 bits per heavy atom. The van der Waals surface area contributed by atoms with Crippen LogP contribution in [0.5, 0.6) is 0 Å². The van der Waals surface area contributed by atoms with E-state index in [2.05, 4.69) is 20.3 Å². The molecule has 19 heavy (non-hydrogen) atoms. The minimum absolute atomic E-state index is 0.119. The first-order valence-electron chi connectivity index (χ1n) is 5.11. The number of hydrogen-bond donors (Lipinski definition) is 2. The van der Waals surface area contributed by atoms with Crippen LogP contribution in [0.1, 0.15) is 5.56 Å². The second-order valence-electron chi connectivity index (χ2n) is 3.54. The Morgan fingerprint density at radius 1 is 1.21 bits per heavy atom. The molecule has 0 bridgehead atoms. The fraction of sp³-hybridized carbons (Fsp3) is 0.0909. The Balaban J connectivity index is 2.05. The summed E-state index contributed by atoms with van der Waals surface area (Å²) in [7, 11) is 0. The molecule has 0 spiro atoms. The Labute approximate surface area is 111 Å². The second-order valence-corrected chi connectivity index (χ2v) is 3.95. The first kappa shape index (κ1) is 13.3. The summed E-state index contributed by atoms with van der Waals surface area (Å²) in [6.07, 6.45) is -3.05. The maximum Gasteiger partial charge on any atom is 0.416 e. The van der Waals surface area contributed by atoms with Gasteiger partial charge in [-0.25, -0.2) is 0 Å². The van der Waals surface area contributed by atoms with Gasteiger partial charge in [0.2, 0.25) is 0 Å². The van der Waals surface area contributed by atoms with Crippen molar-refractivity contribution in [2.45, 2.75) is 6.18 Å². The number of alkyl halides is 3. The normalized spacial score (nSPS) is 11.1. The van der Waals surface area contributed by atoms with Crippen molar-refractivity contribution in [3.05, 3.63) is 42.2 Å². The minimum atomic E-state index is -4.39. The lowest BCUT2D eigenvalue weighted by molar-refractivity contribution is -0.137. The first-order valence-corrected chi connectivity index (χ1v) is 5.51. The van der Waals surface area contributed by atoms with Gasteiger partial charge in [0.1, 0.15) is 6.26 Å². The summed E-state index contributed by atoms with van der Waals surface area (Å²) >= 11 is 4.94. The van der Waals surface area contributed by atoms with Gasteiger partial charge >= 0.3 is 6.18 Å². The number of nitrogens with one attached hydrogen (secondary N) is 2. The largest absolute Gasteiger partial charge is 0.416 e.